The molecule has 1 saturated heterocycles. The molecule has 0 unspecified atom stereocenters. The highest BCUT2D eigenvalue weighted by molar-refractivity contribution is 5.87. The lowest BCUT2D eigenvalue weighted by Crippen LogP contribution is -2.50. The van der Waals surface area contributed by atoms with Crippen LogP contribution in [-0.4, -0.2) is 58.7 Å². The minimum absolute atomic E-state index is 0.343. The van der Waals surface area contributed by atoms with Gasteiger partial charge in [0.05, 0.1) is 11.3 Å². The highest BCUT2D eigenvalue weighted by Gasteiger charge is 2.32. The number of rotatable bonds is 4. The quantitative estimate of drug-likeness (QED) is 0.872. The van der Waals surface area contributed by atoms with Gasteiger partial charge < -0.3 is 10.3 Å². The maximum Gasteiger partial charge on any atom is 0.405 e. The van der Waals surface area contributed by atoms with E-state index in [4.69, 9.17) is 0 Å². The fraction of sp³-hybridized carbons (Fsp3) is 0.533. The Morgan fingerprint density at radius 3 is 3.04 bits per heavy atom. The maximum absolute atomic E-state index is 12.3. The summed E-state index contributed by atoms with van der Waals surface area (Å²) in [7, 11) is 1.82. The monoisotopic (exact) mass is 356 g/mol. The smallest absolute Gasteiger partial charge is 0.347 e. The summed E-state index contributed by atoms with van der Waals surface area (Å²) >= 11 is 0. The van der Waals surface area contributed by atoms with Crippen LogP contribution in [0.15, 0.2) is 18.6 Å². The molecule has 2 aromatic rings. The number of hydrogen-bond acceptors (Lipinski definition) is 5. The molecular formula is C15H19F3N6O. The van der Waals surface area contributed by atoms with E-state index in [1.807, 2.05) is 28.4 Å². The lowest BCUT2D eigenvalue weighted by molar-refractivity contribution is -0.141. The van der Waals surface area contributed by atoms with E-state index in [1.165, 1.54) is 6.33 Å². The van der Waals surface area contributed by atoms with Crippen LogP contribution in [0.3, 0.4) is 0 Å². The Bertz CT molecular complexity index is 746. The molecule has 0 radical (unpaired) electrons. The van der Waals surface area contributed by atoms with Crippen LogP contribution in [0.1, 0.15) is 12.8 Å². The van der Waals surface area contributed by atoms with Crippen LogP contribution in [0.5, 0.6) is 0 Å². The van der Waals surface area contributed by atoms with Gasteiger partial charge in [-0.05, 0) is 18.9 Å². The average Bonchev–Trinajstić information content (AvgIpc) is 3.07. The van der Waals surface area contributed by atoms with Crippen LogP contribution in [-0.2, 0) is 4.79 Å². The van der Waals surface area contributed by atoms with Crippen molar-refractivity contribution in [3.05, 3.63) is 18.6 Å². The van der Waals surface area contributed by atoms with Crippen LogP contribution >= 0.6 is 0 Å². The first-order chi connectivity index (χ1) is 11.8. The summed E-state index contributed by atoms with van der Waals surface area (Å²) in [5, 5.41) is 6.58. The highest BCUT2D eigenvalue weighted by Crippen LogP contribution is 2.25. The standard InChI is InChI=1S/C15H19F3N6O/c1-23(13-11-4-5-19-12(11)21-9-22-13)24-6-2-3-10(7-24)14(25)20-8-15(16,17)18/h4-5,9-10H,2-3,6-8H2,1H3,(H,20,25)(H,19,21,22)/t10-/m1/s1. The minimum atomic E-state index is -4.40. The zero-order valence-electron chi connectivity index (χ0n) is 13.7. The first-order valence-corrected chi connectivity index (χ1v) is 7.96. The van der Waals surface area contributed by atoms with Gasteiger partial charge in [-0.2, -0.15) is 13.2 Å². The predicted octanol–water partition coefficient (Wildman–Crippen LogP) is 1.70. The molecule has 3 rings (SSSR count). The second kappa shape index (κ2) is 6.87. The molecule has 1 atom stereocenters. The van der Waals surface area contributed by atoms with Gasteiger partial charge in [-0.1, -0.05) is 0 Å². The van der Waals surface area contributed by atoms with Gasteiger partial charge >= 0.3 is 6.18 Å². The summed E-state index contributed by atoms with van der Waals surface area (Å²) in [4.78, 5) is 23.5. The van der Waals surface area contributed by atoms with E-state index in [9.17, 15) is 18.0 Å². The molecule has 10 heteroatoms. The molecule has 0 saturated carbocycles. The first kappa shape index (κ1) is 17.5. The maximum atomic E-state index is 12.3. The van der Waals surface area contributed by atoms with Crippen molar-refractivity contribution >= 4 is 22.8 Å². The summed E-state index contributed by atoms with van der Waals surface area (Å²) < 4.78 is 36.8. The zero-order chi connectivity index (χ0) is 18.0. The zero-order valence-corrected chi connectivity index (χ0v) is 13.7. The number of aromatic nitrogens is 3. The number of hydrogen-bond donors (Lipinski definition) is 2. The lowest BCUT2D eigenvalue weighted by Gasteiger charge is -2.38. The normalized spacial score (nSPS) is 19.1. The van der Waals surface area contributed by atoms with Crippen molar-refractivity contribution in [2.75, 3.05) is 31.7 Å². The summed E-state index contributed by atoms with van der Waals surface area (Å²) in [6.07, 6.45) is 0.0945. The number of aromatic amines is 1. The number of anilines is 1. The third kappa shape index (κ3) is 4.01. The number of nitrogens with one attached hydrogen (secondary N) is 2. The Balaban J connectivity index is 1.68. The lowest BCUT2D eigenvalue weighted by atomic mass is 9.98. The molecular weight excluding hydrogens is 337 g/mol. The molecule has 1 aliphatic heterocycles. The molecule has 2 N–H and O–H groups in total. The third-order valence-corrected chi connectivity index (χ3v) is 4.30. The number of hydrazine groups is 1. The van der Waals surface area contributed by atoms with Crippen LogP contribution < -0.4 is 10.3 Å². The molecule has 0 spiro atoms. The van der Waals surface area contributed by atoms with Gasteiger partial charge in [0.25, 0.3) is 0 Å². The Labute approximate surface area is 142 Å². The summed E-state index contributed by atoms with van der Waals surface area (Å²) in [6, 6.07) is 1.86. The molecule has 0 bridgehead atoms. The molecule has 3 heterocycles. The molecule has 136 valence electrons. The number of piperidine rings is 1. The first-order valence-electron chi connectivity index (χ1n) is 7.96. The summed E-state index contributed by atoms with van der Waals surface area (Å²) in [5.41, 5.74) is 0.702. The fourth-order valence-corrected chi connectivity index (χ4v) is 3.03. The van der Waals surface area contributed by atoms with Crippen LogP contribution in [0.2, 0.25) is 0 Å². The van der Waals surface area contributed by atoms with Gasteiger partial charge in [0.15, 0.2) is 5.82 Å². The van der Waals surface area contributed by atoms with Crippen LogP contribution in [0.4, 0.5) is 19.0 Å². The number of H-pyrrole nitrogens is 1. The molecule has 25 heavy (non-hydrogen) atoms. The van der Waals surface area contributed by atoms with E-state index in [0.29, 0.717) is 31.0 Å². The minimum Gasteiger partial charge on any atom is -0.347 e. The van der Waals surface area contributed by atoms with Crippen molar-refractivity contribution in [2.24, 2.45) is 5.92 Å². The number of carbonyl (C=O) groups is 1. The van der Waals surface area contributed by atoms with Crippen molar-refractivity contribution in [3.63, 3.8) is 0 Å². The van der Waals surface area contributed by atoms with Crippen molar-refractivity contribution in [1.29, 1.82) is 0 Å². The van der Waals surface area contributed by atoms with E-state index in [-0.39, 0.29) is 0 Å². The Hall–Kier alpha value is -2.36. The molecule has 1 aliphatic rings. The number of fused-ring (bicyclic) bond motifs is 1. The number of carbonyl (C=O) groups excluding carboxylic acids is 1. The van der Waals surface area contributed by atoms with Gasteiger partial charge in [-0.3, -0.25) is 9.80 Å². The molecule has 7 nitrogen and oxygen atoms in total. The van der Waals surface area contributed by atoms with E-state index in [0.717, 1.165) is 11.8 Å². The summed E-state index contributed by atoms with van der Waals surface area (Å²) in [5.74, 6) is -0.366. The molecule has 1 amide bonds. The van der Waals surface area contributed by atoms with Crippen molar-refractivity contribution in [3.8, 4) is 0 Å². The second-order valence-electron chi connectivity index (χ2n) is 6.05. The van der Waals surface area contributed by atoms with Crippen molar-refractivity contribution < 1.29 is 18.0 Å². The Morgan fingerprint density at radius 1 is 1.48 bits per heavy atom. The van der Waals surface area contributed by atoms with Crippen molar-refractivity contribution in [1.82, 2.24) is 25.3 Å². The highest BCUT2D eigenvalue weighted by atomic mass is 19.4. The Morgan fingerprint density at radius 2 is 2.28 bits per heavy atom. The number of amides is 1. The largest absolute Gasteiger partial charge is 0.405 e. The SMILES string of the molecule is CN(c1ncnc2[nH]ccc12)N1CCC[C@@H](C(=O)NCC(F)(F)F)C1. The predicted molar refractivity (Wildman–Crippen MR) is 85.7 cm³/mol. The molecule has 1 fully saturated rings. The third-order valence-electron chi connectivity index (χ3n) is 4.30. The van der Waals surface area contributed by atoms with Gasteiger partial charge in [0.1, 0.15) is 18.5 Å². The average molecular weight is 356 g/mol. The summed E-state index contributed by atoms with van der Waals surface area (Å²) in [6.45, 7) is -0.250. The van der Waals surface area contributed by atoms with Gasteiger partial charge in [0, 0.05) is 26.3 Å². The van der Waals surface area contributed by atoms with E-state index in [1.54, 1.807) is 6.20 Å². The number of alkyl halides is 3. The van der Waals surface area contributed by atoms with Gasteiger partial charge in [-0.15, -0.1) is 0 Å². The molecule has 2 aromatic heterocycles. The van der Waals surface area contributed by atoms with Gasteiger partial charge in [0.2, 0.25) is 5.91 Å². The fourth-order valence-electron chi connectivity index (χ4n) is 3.03. The second-order valence-corrected chi connectivity index (χ2v) is 6.05. The molecule has 0 aliphatic carbocycles. The van der Waals surface area contributed by atoms with Gasteiger partial charge in [-0.25, -0.2) is 15.0 Å². The Kier molecular flexibility index (Phi) is 4.80. The number of halogens is 3. The number of nitrogens with zero attached hydrogens (tertiary/aromatic N) is 4. The van der Waals surface area contributed by atoms with E-state index < -0.39 is 24.5 Å². The molecule has 0 aromatic carbocycles. The van der Waals surface area contributed by atoms with Crippen molar-refractivity contribution in [2.45, 2.75) is 19.0 Å². The van der Waals surface area contributed by atoms with E-state index in [2.05, 4.69) is 15.0 Å². The topological polar surface area (TPSA) is 77.2 Å². The van der Waals surface area contributed by atoms with E-state index >= 15 is 0 Å². The van der Waals surface area contributed by atoms with Crippen LogP contribution in [0.25, 0.3) is 11.0 Å². The van der Waals surface area contributed by atoms with Crippen LogP contribution in [0, 0.1) is 5.92 Å².